The fourth-order valence-corrected chi connectivity index (χ4v) is 3.33. The SMILES string of the molecule is CON=C(N)c1ccc(-c2coc3cc(OCc4cccc(C(=O)O)c4)ccc3c2=O)cc1. The van der Waals surface area contributed by atoms with Gasteiger partial charge in [-0.2, -0.15) is 0 Å². The molecule has 8 heteroatoms. The largest absolute Gasteiger partial charge is 0.489 e. The van der Waals surface area contributed by atoms with Crippen molar-refractivity contribution in [1.82, 2.24) is 0 Å². The first-order valence-electron chi connectivity index (χ1n) is 9.94. The highest BCUT2D eigenvalue weighted by Gasteiger charge is 2.11. The van der Waals surface area contributed by atoms with E-state index in [4.69, 9.17) is 20.0 Å². The molecule has 0 unspecified atom stereocenters. The maximum Gasteiger partial charge on any atom is 0.335 e. The van der Waals surface area contributed by atoms with E-state index in [1.165, 1.54) is 19.4 Å². The molecule has 4 aromatic rings. The van der Waals surface area contributed by atoms with E-state index in [9.17, 15) is 9.59 Å². The zero-order chi connectivity index (χ0) is 23.4. The van der Waals surface area contributed by atoms with Gasteiger partial charge in [0.15, 0.2) is 11.3 Å². The number of benzene rings is 3. The Morgan fingerprint density at radius 1 is 1.06 bits per heavy atom. The number of carboxylic acids is 1. The highest BCUT2D eigenvalue weighted by atomic mass is 16.6. The maximum absolute atomic E-state index is 13.0. The number of ether oxygens (including phenoxy) is 1. The van der Waals surface area contributed by atoms with Crippen LogP contribution in [0.4, 0.5) is 0 Å². The van der Waals surface area contributed by atoms with Crippen molar-refractivity contribution in [1.29, 1.82) is 0 Å². The molecule has 0 atom stereocenters. The minimum absolute atomic E-state index is 0.177. The lowest BCUT2D eigenvalue weighted by Gasteiger charge is -2.08. The predicted molar refractivity (Wildman–Crippen MR) is 123 cm³/mol. The van der Waals surface area contributed by atoms with Crippen LogP contribution in [-0.2, 0) is 11.4 Å². The highest BCUT2D eigenvalue weighted by Crippen LogP contribution is 2.24. The molecule has 0 saturated carbocycles. The van der Waals surface area contributed by atoms with E-state index < -0.39 is 5.97 Å². The molecule has 1 aromatic heterocycles. The van der Waals surface area contributed by atoms with Crippen LogP contribution in [0.25, 0.3) is 22.1 Å². The first kappa shape index (κ1) is 21.6. The van der Waals surface area contributed by atoms with Gasteiger partial charge in [-0.15, -0.1) is 0 Å². The van der Waals surface area contributed by atoms with Gasteiger partial charge in [-0.05, 0) is 35.4 Å². The van der Waals surface area contributed by atoms with Crippen molar-refractivity contribution in [3.63, 3.8) is 0 Å². The summed E-state index contributed by atoms with van der Waals surface area (Å²) >= 11 is 0. The maximum atomic E-state index is 13.0. The monoisotopic (exact) mass is 444 g/mol. The van der Waals surface area contributed by atoms with E-state index in [2.05, 4.69) is 9.99 Å². The molecule has 0 aliphatic carbocycles. The second-order valence-corrected chi connectivity index (χ2v) is 7.17. The summed E-state index contributed by atoms with van der Waals surface area (Å²) in [4.78, 5) is 28.8. The third-order valence-corrected chi connectivity index (χ3v) is 5.01. The fraction of sp³-hybridized carbons (Fsp3) is 0.0800. The number of rotatable bonds is 7. The molecule has 3 aromatic carbocycles. The molecule has 0 radical (unpaired) electrons. The van der Waals surface area contributed by atoms with Gasteiger partial charge < -0.3 is 24.8 Å². The summed E-state index contributed by atoms with van der Waals surface area (Å²) in [5, 5.41) is 13.2. The van der Waals surface area contributed by atoms with Crippen molar-refractivity contribution < 1.29 is 23.9 Å². The molecule has 33 heavy (non-hydrogen) atoms. The van der Waals surface area contributed by atoms with Gasteiger partial charge in [0.25, 0.3) is 0 Å². The number of nitrogens with zero attached hydrogens (tertiary/aromatic N) is 1. The molecule has 8 nitrogen and oxygen atoms in total. The Balaban J connectivity index is 1.56. The van der Waals surface area contributed by atoms with E-state index in [0.717, 1.165) is 0 Å². The number of hydrogen-bond donors (Lipinski definition) is 2. The summed E-state index contributed by atoms with van der Waals surface area (Å²) in [7, 11) is 1.41. The third-order valence-electron chi connectivity index (χ3n) is 5.01. The van der Waals surface area contributed by atoms with E-state index in [1.54, 1.807) is 60.7 Å². The molecule has 4 rings (SSSR count). The molecule has 3 N–H and O–H groups in total. The zero-order valence-electron chi connectivity index (χ0n) is 17.6. The summed E-state index contributed by atoms with van der Waals surface area (Å²) in [6.07, 6.45) is 1.41. The van der Waals surface area contributed by atoms with Crippen molar-refractivity contribution in [2.75, 3.05) is 7.11 Å². The Bertz CT molecular complexity index is 1410. The number of hydrogen-bond acceptors (Lipinski definition) is 6. The van der Waals surface area contributed by atoms with Crippen LogP contribution in [0.1, 0.15) is 21.5 Å². The number of carbonyl (C=O) groups is 1. The first-order valence-corrected chi connectivity index (χ1v) is 9.94. The van der Waals surface area contributed by atoms with Gasteiger partial charge in [-0.3, -0.25) is 4.79 Å². The predicted octanol–water partition coefficient (Wildman–Crippen LogP) is 4.00. The van der Waals surface area contributed by atoms with Crippen LogP contribution in [0, 0.1) is 0 Å². The van der Waals surface area contributed by atoms with Crippen molar-refractivity contribution >= 4 is 22.8 Å². The molecule has 166 valence electrons. The van der Waals surface area contributed by atoms with Crippen molar-refractivity contribution in [2.45, 2.75) is 6.61 Å². The summed E-state index contributed by atoms with van der Waals surface area (Å²) in [5.74, 6) is -0.269. The Morgan fingerprint density at radius 2 is 1.85 bits per heavy atom. The third kappa shape index (κ3) is 4.69. The molecular weight excluding hydrogens is 424 g/mol. The van der Waals surface area contributed by atoms with Crippen LogP contribution in [0.3, 0.4) is 0 Å². The van der Waals surface area contributed by atoms with E-state index in [-0.39, 0.29) is 23.4 Å². The standard InChI is InChI=1S/C25H20N2O6/c1-31-27-24(26)17-7-5-16(6-8-17)21-14-33-22-12-19(9-10-20(22)23(21)28)32-13-15-3-2-4-18(11-15)25(29)30/h2-12,14H,13H2,1H3,(H2,26,27)(H,29,30). The Kier molecular flexibility index (Phi) is 6.08. The number of fused-ring (bicyclic) bond motifs is 1. The second kappa shape index (κ2) is 9.27. The Morgan fingerprint density at radius 3 is 2.58 bits per heavy atom. The van der Waals surface area contributed by atoms with Crippen LogP contribution in [-0.4, -0.2) is 24.0 Å². The zero-order valence-corrected chi connectivity index (χ0v) is 17.6. The lowest BCUT2D eigenvalue weighted by molar-refractivity contribution is 0.0696. The average Bonchev–Trinajstić information content (AvgIpc) is 2.83. The summed E-state index contributed by atoms with van der Waals surface area (Å²) in [6, 6.07) is 18.5. The van der Waals surface area contributed by atoms with Crippen molar-refractivity contribution in [3.8, 4) is 16.9 Å². The van der Waals surface area contributed by atoms with Crippen LogP contribution >= 0.6 is 0 Å². The lowest BCUT2D eigenvalue weighted by atomic mass is 10.0. The van der Waals surface area contributed by atoms with Crippen LogP contribution in [0.5, 0.6) is 5.75 Å². The van der Waals surface area contributed by atoms with Crippen LogP contribution in [0.15, 0.2) is 87.4 Å². The number of amidine groups is 1. The van der Waals surface area contributed by atoms with Crippen LogP contribution in [0.2, 0.25) is 0 Å². The van der Waals surface area contributed by atoms with E-state index in [1.807, 2.05) is 0 Å². The summed E-state index contributed by atoms with van der Waals surface area (Å²) in [6.45, 7) is 0.177. The van der Waals surface area contributed by atoms with Gasteiger partial charge >= 0.3 is 5.97 Å². The Labute approximate surface area is 188 Å². The van der Waals surface area contributed by atoms with Gasteiger partial charge in [0.2, 0.25) is 0 Å². The van der Waals surface area contributed by atoms with Crippen molar-refractivity contribution in [3.05, 3.63) is 99.9 Å². The van der Waals surface area contributed by atoms with Gasteiger partial charge in [0.05, 0.1) is 16.5 Å². The topological polar surface area (TPSA) is 124 Å². The summed E-state index contributed by atoms with van der Waals surface area (Å²) < 4.78 is 11.5. The number of aromatic carboxylic acids is 1. The minimum Gasteiger partial charge on any atom is -0.489 e. The average molecular weight is 444 g/mol. The molecule has 0 aliphatic heterocycles. The first-order chi connectivity index (χ1) is 16.0. The van der Waals surface area contributed by atoms with Gasteiger partial charge in [0, 0.05) is 11.6 Å². The van der Waals surface area contributed by atoms with Gasteiger partial charge in [-0.1, -0.05) is 41.6 Å². The smallest absolute Gasteiger partial charge is 0.335 e. The molecule has 0 spiro atoms. The molecule has 0 fully saturated rings. The Hall–Kier alpha value is -4.59. The van der Waals surface area contributed by atoms with E-state index >= 15 is 0 Å². The molecule has 0 bridgehead atoms. The molecule has 1 heterocycles. The molecular formula is C25H20N2O6. The number of nitrogens with two attached hydrogens (primary N) is 1. The summed E-state index contributed by atoms with van der Waals surface area (Å²) in [5.41, 5.74) is 8.67. The lowest BCUT2D eigenvalue weighted by Crippen LogP contribution is -2.13. The van der Waals surface area contributed by atoms with E-state index in [0.29, 0.717) is 39.0 Å². The molecule has 0 saturated heterocycles. The number of oxime groups is 1. The molecule has 0 aliphatic rings. The van der Waals surface area contributed by atoms with Crippen LogP contribution < -0.4 is 15.9 Å². The quantitative estimate of drug-likeness (QED) is 0.251. The fourth-order valence-electron chi connectivity index (χ4n) is 3.33. The molecule has 0 amide bonds. The van der Waals surface area contributed by atoms with Gasteiger partial charge in [0.1, 0.15) is 31.3 Å². The number of carboxylic acid groups (broad SMARTS) is 1. The van der Waals surface area contributed by atoms with Gasteiger partial charge in [-0.25, -0.2) is 4.79 Å². The minimum atomic E-state index is -0.999. The second-order valence-electron chi connectivity index (χ2n) is 7.17. The highest BCUT2D eigenvalue weighted by molar-refractivity contribution is 5.97. The van der Waals surface area contributed by atoms with Crippen molar-refractivity contribution in [2.24, 2.45) is 10.9 Å². The normalized spacial score (nSPS) is 11.4.